The second-order valence-corrected chi connectivity index (χ2v) is 15.5. The normalized spacial score (nSPS) is 23.5. The second-order valence-electron chi connectivity index (χ2n) is 11.0. The molecule has 1 aliphatic rings. The molecular formula is C27H48N8O7S4. The fourth-order valence-electron chi connectivity index (χ4n) is 3.96. The molecule has 1 saturated heterocycles. The molecule has 0 aromatic heterocycles. The Kier molecular flexibility index (Phi) is 20.2. The number of rotatable bonds is 13. The molecule has 0 spiro atoms. The molecule has 6 atom stereocenters. The van der Waals surface area contributed by atoms with Crippen LogP contribution in [0.15, 0.2) is 0 Å². The molecule has 0 bridgehead atoms. The third kappa shape index (κ3) is 16.0. The van der Waals surface area contributed by atoms with Crippen LogP contribution in [0.3, 0.4) is 0 Å². The molecule has 262 valence electrons. The molecule has 1 heterocycles. The molecule has 1 aliphatic heterocycles. The smallest absolute Gasteiger partial charge is 0.244 e. The zero-order valence-electron chi connectivity index (χ0n) is 26.8. The highest BCUT2D eigenvalue weighted by Crippen LogP contribution is 2.24. The van der Waals surface area contributed by atoms with Crippen molar-refractivity contribution in [3.05, 3.63) is 0 Å². The Labute approximate surface area is 286 Å². The van der Waals surface area contributed by atoms with Gasteiger partial charge in [0.05, 0.1) is 12.6 Å². The number of nitrogens with two attached hydrogens (primary N) is 2. The van der Waals surface area contributed by atoms with Crippen molar-refractivity contribution in [3.63, 3.8) is 0 Å². The fraction of sp³-hybridized carbons (Fsp3) is 0.741. The first-order chi connectivity index (χ1) is 21.7. The molecule has 7 amide bonds. The number of hydrogen-bond acceptors (Lipinski definition) is 12. The predicted octanol–water partition coefficient (Wildman–Crippen LogP) is -1.69. The van der Waals surface area contributed by atoms with E-state index in [1.54, 1.807) is 0 Å². The van der Waals surface area contributed by atoms with Gasteiger partial charge in [0.25, 0.3) is 0 Å². The number of nitrogens with one attached hydrogen (secondary N) is 6. The van der Waals surface area contributed by atoms with Gasteiger partial charge in [-0.15, -0.1) is 0 Å². The highest BCUT2D eigenvalue weighted by molar-refractivity contribution is 8.76. The Hall–Kier alpha value is -2.35. The molecule has 1 rings (SSSR count). The van der Waals surface area contributed by atoms with Crippen LogP contribution in [0.5, 0.6) is 0 Å². The minimum Gasteiger partial charge on any atom is -0.368 e. The summed E-state index contributed by atoms with van der Waals surface area (Å²) >= 11 is 2.98. The second kappa shape index (κ2) is 22.3. The highest BCUT2D eigenvalue weighted by atomic mass is 33.1. The molecule has 10 N–H and O–H groups in total. The van der Waals surface area contributed by atoms with Crippen molar-refractivity contribution in [2.24, 2.45) is 17.4 Å². The first-order valence-electron chi connectivity index (χ1n) is 14.8. The van der Waals surface area contributed by atoms with E-state index in [2.05, 4.69) is 31.9 Å². The zero-order valence-corrected chi connectivity index (χ0v) is 30.1. The van der Waals surface area contributed by atoms with E-state index in [9.17, 15) is 33.6 Å². The van der Waals surface area contributed by atoms with Crippen molar-refractivity contribution in [2.75, 3.05) is 42.1 Å². The van der Waals surface area contributed by atoms with Gasteiger partial charge in [0.1, 0.15) is 30.2 Å². The highest BCUT2D eigenvalue weighted by Gasteiger charge is 2.31. The van der Waals surface area contributed by atoms with Crippen LogP contribution in [0.4, 0.5) is 0 Å². The van der Waals surface area contributed by atoms with Gasteiger partial charge in [-0.1, -0.05) is 35.4 Å². The SMILES string of the molecule is CSCC[C@H](N)C(=O)N[C@H]1CSSC[C@@H](C(=O)N[C@@H](CC(C)C)C(N)=O)NC(=O)[C@@H](CCSC)NC(=O)CNC(=O)[C@H](C)NC1=O. The molecule has 19 heteroatoms. The van der Waals surface area contributed by atoms with Crippen molar-refractivity contribution in [3.8, 4) is 0 Å². The Morgan fingerprint density at radius 2 is 1.61 bits per heavy atom. The van der Waals surface area contributed by atoms with Crippen molar-refractivity contribution >= 4 is 86.5 Å². The van der Waals surface area contributed by atoms with Crippen molar-refractivity contribution < 1.29 is 33.6 Å². The first kappa shape index (κ1) is 41.7. The monoisotopic (exact) mass is 724 g/mol. The summed E-state index contributed by atoms with van der Waals surface area (Å²) in [5.74, 6) is -3.25. The quantitative estimate of drug-likeness (QED) is 0.0993. The van der Waals surface area contributed by atoms with Crippen LogP contribution in [-0.2, 0) is 33.6 Å². The number of carbonyl (C=O) groups is 7. The standard InChI is InChI=1S/C27H48N8O7S4/c1-14(2)10-18(22(29)37)33-27(42)20-13-46-45-12-19(34-24(39)16(28)6-8-43-4)26(41)31-15(3)23(38)30-11-21(36)32-17(7-9-44-5)25(40)35-20/h14-20H,6-13,28H2,1-5H3,(H2,29,37)(H,30,38)(H,31,41)(H,32,36)(H,33,42)(H,34,39)(H,35,40)/t15-,16-,17+,18-,19-,20-/m0/s1. The van der Waals surface area contributed by atoms with Crippen LogP contribution in [-0.4, -0.2) is 120 Å². The van der Waals surface area contributed by atoms with Gasteiger partial charge in [-0.3, -0.25) is 33.6 Å². The van der Waals surface area contributed by atoms with E-state index in [4.69, 9.17) is 11.5 Å². The van der Waals surface area contributed by atoms with E-state index in [0.29, 0.717) is 17.9 Å². The van der Waals surface area contributed by atoms with E-state index in [1.165, 1.54) is 30.4 Å². The summed E-state index contributed by atoms with van der Waals surface area (Å²) in [5.41, 5.74) is 11.5. The molecule has 1 fully saturated rings. The molecular weight excluding hydrogens is 677 g/mol. The molecule has 0 unspecified atom stereocenters. The van der Waals surface area contributed by atoms with Gasteiger partial charge >= 0.3 is 0 Å². The Bertz CT molecular complexity index is 1070. The predicted molar refractivity (Wildman–Crippen MR) is 186 cm³/mol. The summed E-state index contributed by atoms with van der Waals surface area (Å²) in [4.78, 5) is 90.1. The minimum atomic E-state index is -1.15. The van der Waals surface area contributed by atoms with Crippen molar-refractivity contribution in [1.82, 2.24) is 31.9 Å². The van der Waals surface area contributed by atoms with Crippen LogP contribution in [0.1, 0.15) is 40.0 Å². The van der Waals surface area contributed by atoms with Gasteiger partial charge in [0.2, 0.25) is 41.4 Å². The molecule has 0 aromatic carbocycles. The maximum absolute atomic E-state index is 13.4. The average molecular weight is 725 g/mol. The summed E-state index contributed by atoms with van der Waals surface area (Å²) in [6.07, 6.45) is 4.64. The van der Waals surface area contributed by atoms with Crippen molar-refractivity contribution in [2.45, 2.75) is 76.3 Å². The summed E-state index contributed by atoms with van der Waals surface area (Å²) in [6.45, 7) is 4.70. The first-order valence-corrected chi connectivity index (χ1v) is 20.0. The maximum atomic E-state index is 13.4. The summed E-state index contributed by atoms with van der Waals surface area (Å²) in [5, 5.41) is 15.5. The van der Waals surface area contributed by atoms with Gasteiger partial charge < -0.3 is 43.4 Å². The van der Waals surface area contributed by atoms with Crippen LogP contribution in [0.25, 0.3) is 0 Å². The third-order valence-corrected chi connectivity index (χ3v) is 10.3. The third-order valence-electron chi connectivity index (χ3n) is 6.59. The number of carbonyl (C=O) groups excluding carboxylic acids is 7. The van der Waals surface area contributed by atoms with Gasteiger partial charge in [-0.2, -0.15) is 23.5 Å². The van der Waals surface area contributed by atoms with E-state index >= 15 is 0 Å². The van der Waals surface area contributed by atoms with Crippen LogP contribution in [0, 0.1) is 5.92 Å². The van der Waals surface area contributed by atoms with E-state index in [1.807, 2.05) is 26.4 Å². The lowest BCUT2D eigenvalue weighted by atomic mass is 10.0. The van der Waals surface area contributed by atoms with Crippen LogP contribution in [0.2, 0.25) is 0 Å². The number of primary amides is 1. The molecule has 46 heavy (non-hydrogen) atoms. The number of thioether (sulfide) groups is 2. The fourth-order valence-corrected chi connectivity index (χ4v) is 7.25. The van der Waals surface area contributed by atoms with Crippen LogP contribution < -0.4 is 43.4 Å². The average Bonchev–Trinajstić information content (AvgIpc) is 2.99. The van der Waals surface area contributed by atoms with Crippen LogP contribution >= 0.6 is 45.1 Å². The molecule has 0 radical (unpaired) electrons. The van der Waals surface area contributed by atoms with E-state index < -0.39 is 84.1 Å². The Balaban J connectivity index is 3.31. The topological polar surface area (TPSA) is 244 Å². The number of hydrogen-bond donors (Lipinski definition) is 8. The van der Waals surface area contributed by atoms with E-state index in [-0.39, 0.29) is 30.3 Å². The number of amides is 7. The largest absolute Gasteiger partial charge is 0.368 e. The summed E-state index contributed by atoms with van der Waals surface area (Å²) in [6, 6.07) is -6.14. The lowest BCUT2D eigenvalue weighted by Crippen LogP contribution is -2.58. The van der Waals surface area contributed by atoms with E-state index in [0.717, 1.165) is 21.6 Å². The van der Waals surface area contributed by atoms with Gasteiger partial charge in [0.15, 0.2) is 0 Å². The molecule has 0 aliphatic carbocycles. The molecule has 0 aromatic rings. The molecule has 15 nitrogen and oxygen atoms in total. The summed E-state index contributed by atoms with van der Waals surface area (Å²) in [7, 11) is 2.30. The van der Waals surface area contributed by atoms with Gasteiger partial charge in [0, 0.05) is 11.5 Å². The van der Waals surface area contributed by atoms with Gasteiger partial charge in [-0.05, 0) is 56.1 Å². The molecule has 0 saturated carbocycles. The maximum Gasteiger partial charge on any atom is 0.244 e. The minimum absolute atomic E-state index is 0.00453. The Morgan fingerprint density at radius 1 is 0.957 bits per heavy atom. The lowest BCUT2D eigenvalue weighted by molar-refractivity contribution is -0.133. The van der Waals surface area contributed by atoms with Crippen molar-refractivity contribution in [1.29, 1.82) is 0 Å². The zero-order chi connectivity index (χ0) is 34.8. The Morgan fingerprint density at radius 3 is 2.22 bits per heavy atom. The summed E-state index contributed by atoms with van der Waals surface area (Å²) < 4.78 is 0. The van der Waals surface area contributed by atoms with Gasteiger partial charge in [-0.25, -0.2) is 0 Å². The lowest BCUT2D eigenvalue weighted by Gasteiger charge is -2.25.